The molecule has 0 saturated carbocycles. The van der Waals surface area contributed by atoms with Crippen LogP contribution < -0.4 is 15.0 Å². The van der Waals surface area contributed by atoms with Crippen molar-refractivity contribution in [1.82, 2.24) is 14.4 Å². The van der Waals surface area contributed by atoms with Crippen LogP contribution in [0.1, 0.15) is 0 Å². The molecule has 0 unspecified atom stereocenters. The molecule has 152 valence electrons. The molecule has 0 aliphatic rings. The van der Waals surface area contributed by atoms with Crippen molar-refractivity contribution in [2.75, 3.05) is 11.8 Å². The summed E-state index contributed by atoms with van der Waals surface area (Å²) in [6, 6.07) is 10.9. The SMILES string of the molecule is COc1ncc(-c2ccc3nccc(=O)n3c2)cc1NS(=O)(=O)c1cccc(F)c1. The van der Waals surface area contributed by atoms with Crippen LogP contribution in [0.25, 0.3) is 16.8 Å². The van der Waals surface area contributed by atoms with E-state index in [0.29, 0.717) is 16.8 Å². The molecule has 4 aromatic rings. The van der Waals surface area contributed by atoms with Gasteiger partial charge in [-0.2, -0.15) is 0 Å². The molecule has 1 N–H and O–H groups in total. The van der Waals surface area contributed by atoms with E-state index >= 15 is 0 Å². The van der Waals surface area contributed by atoms with Gasteiger partial charge in [0, 0.05) is 35.8 Å². The topological polar surface area (TPSA) is 103 Å². The zero-order chi connectivity index (χ0) is 21.3. The number of halogens is 1. The quantitative estimate of drug-likeness (QED) is 0.526. The number of anilines is 1. The Morgan fingerprint density at radius 2 is 1.90 bits per heavy atom. The predicted octanol–water partition coefficient (Wildman–Crippen LogP) is 2.71. The number of hydrogen-bond acceptors (Lipinski definition) is 6. The van der Waals surface area contributed by atoms with E-state index in [4.69, 9.17) is 4.74 Å². The van der Waals surface area contributed by atoms with Crippen molar-refractivity contribution >= 4 is 21.4 Å². The Morgan fingerprint density at radius 3 is 2.67 bits per heavy atom. The van der Waals surface area contributed by atoms with Crippen LogP contribution in [0.2, 0.25) is 0 Å². The van der Waals surface area contributed by atoms with Crippen molar-refractivity contribution in [2.24, 2.45) is 0 Å². The zero-order valence-electron chi connectivity index (χ0n) is 15.6. The number of ether oxygens (including phenoxy) is 1. The van der Waals surface area contributed by atoms with Crippen molar-refractivity contribution in [2.45, 2.75) is 4.90 Å². The summed E-state index contributed by atoms with van der Waals surface area (Å²) in [7, 11) is -2.73. The molecule has 1 aromatic carbocycles. The molecule has 0 atom stereocenters. The van der Waals surface area contributed by atoms with Gasteiger partial charge in [-0.05, 0) is 36.4 Å². The number of hydrogen-bond donors (Lipinski definition) is 1. The summed E-state index contributed by atoms with van der Waals surface area (Å²) in [4.78, 5) is 20.1. The highest BCUT2D eigenvalue weighted by molar-refractivity contribution is 7.92. The maximum absolute atomic E-state index is 13.5. The Hall–Kier alpha value is -3.79. The second kappa shape index (κ2) is 7.56. The minimum absolute atomic E-state index is 0.0401. The monoisotopic (exact) mass is 426 g/mol. The minimum Gasteiger partial charge on any atom is -0.480 e. The first-order chi connectivity index (χ1) is 14.4. The van der Waals surface area contributed by atoms with Gasteiger partial charge in [-0.1, -0.05) is 6.07 Å². The van der Waals surface area contributed by atoms with E-state index in [1.54, 1.807) is 18.3 Å². The van der Waals surface area contributed by atoms with E-state index in [-0.39, 0.29) is 22.0 Å². The largest absolute Gasteiger partial charge is 0.480 e. The van der Waals surface area contributed by atoms with Crippen LogP contribution in [0.4, 0.5) is 10.1 Å². The number of nitrogens with one attached hydrogen (secondary N) is 1. The average molecular weight is 426 g/mol. The van der Waals surface area contributed by atoms with E-state index in [0.717, 1.165) is 12.1 Å². The van der Waals surface area contributed by atoms with Crippen LogP contribution in [0, 0.1) is 5.82 Å². The Bertz CT molecular complexity index is 1420. The highest BCUT2D eigenvalue weighted by Gasteiger charge is 2.19. The summed E-state index contributed by atoms with van der Waals surface area (Å²) in [5, 5.41) is 0. The minimum atomic E-state index is -4.08. The lowest BCUT2D eigenvalue weighted by Crippen LogP contribution is -2.14. The molecule has 10 heteroatoms. The van der Waals surface area contributed by atoms with Gasteiger partial charge in [0.1, 0.15) is 17.2 Å². The summed E-state index contributed by atoms with van der Waals surface area (Å²) in [6.45, 7) is 0. The molecule has 4 rings (SSSR count). The molecule has 0 amide bonds. The zero-order valence-corrected chi connectivity index (χ0v) is 16.4. The lowest BCUT2D eigenvalue weighted by Gasteiger charge is -2.13. The van der Waals surface area contributed by atoms with Crippen molar-refractivity contribution in [3.8, 4) is 17.0 Å². The Kier molecular flexibility index (Phi) is 4.92. The van der Waals surface area contributed by atoms with E-state index < -0.39 is 15.8 Å². The predicted molar refractivity (Wildman–Crippen MR) is 108 cm³/mol. The molecule has 0 saturated heterocycles. The molecule has 3 aromatic heterocycles. The highest BCUT2D eigenvalue weighted by Crippen LogP contribution is 2.30. The third kappa shape index (κ3) is 3.72. The number of nitrogens with zero attached hydrogens (tertiary/aromatic N) is 3. The van der Waals surface area contributed by atoms with Gasteiger partial charge in [0.2, 0.25) is 5.88 Å². The van der Waals surface area contributed by atoms with E-state index in [1.165, 1.54) is 48.2 Å². The van der Waals surface area contributed by atoms with Crippen molar-refractivity contribution in [3.05, 3.63) is 83.3 Å². The van der Waals surface area contributed by atoms with Gasteiger partial charge in [0.25, 0.3) is 15.6 Å². The van der Waals surface area contributed by atoms with Gasteiger partial charge in [-0.25, -0.2) is 22.8 Å². The first-order valence-corrected chi connectivity index (χ1v) is 10.2. The molecule has 0 spiro atoms. The number of benzene rings is 1. The number of aromatic nitrogens is 3. The first-order valence-electron chi connectivity index (χ1n) is 8.67. The molecular weight excluding hydrogens is 411 g/mol. The third-order valence-electron chi connectivity index (χ3n) is 4.32. The molecular formula is C20H15FN4O4S. The number of fused-ring (bicyclic) bond motifs is 1. The van der Waals surface area contributed by atoms with Gasteiger partial charge in [-0.3, -0.25) is 13.9 Å². The van der Waals surface area contributed by atoms with Crippen LogP contribution >= 0.6 is 0 Å². The third-order valence-corrected chi connectivity index (χ3v) is 5.68. The van der Waals surface area contributed by atoms with Gasteiger partial charge in [0.05, 0.1) is 12.0 Å². The fourth-order valence-corrected chi connectivity index (χ4v) is 3.97. The molecule has 0 radical (unpaired) electrons. The van der Waals surface area contributed by atoms with Crippen molar-refractivity contribution < 1.29 is 17.5 Å². The van der Waals surface area contributed by atoms with E-state index in [2.05, 4.69) is 14.7 Å². The van der Waals surface area contributed by atoms with Crippen LogP contribution in [0.15, 0.2) is 76.8 Å². The average Bonchev–Trinajstić information content (AvgIpc) is 2.73. The smallest absolute Gasteiger partial charge is 0.262 e. The lowest BCUT2D eigenvalue weighted by molar-refractivity contribution is 0.400. The summed E-state index contributed by atoms with van der Waals surface area (Å²) in [5.41, 5.74) is 1.43. The summed E-state index contributed by atoms with van der Waals surface area (Å²) in [5.74, 6) is -0.634. The fourth-order valence-electron chi connectivity index (χ4n) is 2.89. The first kappa shape index (κ1) is 19.5. The fraction of sp³-hybridized carbons (Fsp3) is 0.0500. The molecule has 0 fully saturated rings. The van der Waals surface area contributed by atoms with E-state index in [9.17, 15) is 17.6 Å². The maximum Gasteiger partial charge on any atom is 0.262 e. The van der Waals surface area contributed by atoms with Crippen LogP contribution in [-0.2, 0) is 10.0 Å². The summed E-state index contributed by atoms with van der Waals surface area (Å²) >= 11 is 0. The maximum atomic E-state index is 13.5. The molecule has 3 heterocycles. The molecule has 0 aliphatic carbocycles. The van der Waals surface area contributed by atoms with Gasteiger partial charge >= 0.3 is 0 Å². The lowest BCUT2D eigenvalue weighted by atomic mass is 10.1. The van der Waals surface area contributed by atoms with Gasteiger partial charge in [0.15, 0.2) is 0 Å². The van der Waals surface area contributed by atoms with Crippen LogP contribution in [0.5, 0.6) is 5.88 Å². The standard InChI is InChI=1S/C20H15FN4O4S/c1-29-20-17(24-30(27,28)16-4-2-3-15(21)10-16)9-14(11-23-20)13-5-6-18-22-8-7-19(26)25(18)12-13/h2-12,24H,1H3. The molecule has 0 aliphatic heterocycles. The van der Waals surface area contributed by atoms with Crippen LogP contribution in [-0.4, -0.2) is 29.9 Å². The number of methoxy groups -OCH3 is 1. The van der Waals surface area contributed by atoms with Crippen LogP contribution in [0.3, 0.4) is 0 Å². The number of sulfonamides is 1. The van der Waals surface area contributed by atoms with Crippen molar-refractivity contribution in [1.29, 1.82) is 0 Å². The molecule has 0 bridgehead atoms. The Balaban J connectivity index is 1.78. The van der Waals surface area contributed by atoms with Crippen molar-refractivity contribution in [3.63, 3.8) is 0 Å². The number of rotatable bonds is 5. The Morgan fingerprint density at radius 1 is 1.07 bits per heavy atom. The molecule has 8 nitrogen and oxygen atoms in total. The van der Waals surface area contributed by atoms with E-state index in [1.807, 2.05) is 0 Å². The number of pyridine rings is 2. The molecule has 30 heavy (non-hydrogen) atoms. The summed E-state index contributed by atoms with van der Waals surface area (Å²) in [6.07, 6.45) is 4.49. The van der Waals surface area contributed by atoms with Gasteiger partial charge in [-0.15, -0.1) is 0 Å². The highest BCUT2D eigenvalue weighted by atomic mass is 32.2. The Labute approximate surface area is 170 Å². The summed E-state index contributed by atoms with van der Waals surface area (Å²) < 4.78 is 47.7. The van der Waals surface area contributed by atoms with Gasteiger partial charge < -0.3 is 4.74 Å². The second-order valence-corrected chi connectivity index (χ2v) is 7.96. The normalized spacial score (nSPS) is 11.4. The second-order valence-electron chi connectivity index (χ2n) is 6.27.